The van der Waals surface area contributed by atoms with Crippen molar-refractivity contribution in [2.24, 2.45) is 23.2 Å². The van der Waals surface area contributed by atoms with Gasteiger partial charge in [-0.3, -0.25) is 14.4 Å². The zero-order chi connectivity index (χ0) is 39.5. The summed E-state index contributed by atoms with van der Waals surface area (Å²) in [5.74, 6) is -3.76. The molecule has 13 atom stereocenters. The average molecular weight is 743 g/mol. The summed E-state index contributed by atoms with van der Waals surface area (Å²) in [6, 6.07) is 8.61. The molecule has 1 aromatic carbocycles. The lowest BCUT2D eigenvalue weighted by atomic mass is 9.70. The summed E-state index contributed by atoms with van der Waals surface area (Å²) in [6.45, 7) is 14.0. The molecule has 3 aliphatic rings. The van der Waals surface area contributed by atoms with Gasteiger partial charge in [0.2, 0.25) is 0 Å². The summed E-state index contributed by atoms with van der Waals surface area (Å²) >= 11 is 0. The lowest BCUT2D eigenvalue weighted by Gasteiger charge is -2.47. The van der Waals surface area contributed by atoms with Crippen LogP contribution >= 0.6 is 0 Å². The molecule has 53 heavy (non-hydrogen) atoms. The first-order valence-electron chi connectivity index (χ1n) is 19.0. The van der Waals surface area contributed by atoms with Crippen LogP contribution in [-0.2, 0) is 38.1 Å². The van der Waals surface area contributed by atoms with Crippen LogP contribution < -0.4 is 5.32 Å². The molecule has 3 saturated heterocycles. The monoisotopic (exact) mass is 742 g/mol. The van der Waals surface area contributed by atoms with Crippen LogP contribution in [0.2, 0.25) is 0 Å². The lowest BCUT2D eigenvalue weighted by molar-refractivity contribution is -0.295. The van der Waals surface area contributed by atoms with E-state index >= 15 is 4.79 Å². The van der Waals surface area contributed by atoms with Crippen molar-refractivity contribution >= 4 is 29.7 Å². The molecule has 0 bridgehead atoms. The van der Waals surface area contributed by atoms with Crippen molar-refractivity contribution in [2.45, 2.75) is 141 Å². The minimum absolute atomic E-state index is 0.108. The van der Waals surface area contributed by atoms with Crippen LogP contribution in [0.5, 0.6) is 0 Å². The fourth-order valence-electron chi connectivity index (χ4n) is 8.66. The summed E-state index contributed by atoms with van der Waals surface area (Å²) in [6.07, 6.45) is 0.0650. The molecule has 0 radical (unpaired) electrons. The molecule has 3 aliphatic heterocycles. The van der Waals surface area contributed by atoms with Gasteiger partial charge in [0.05, 0.1) is 23.9 Å². The van der Waals surface area contributed by atoms with E-state index in [9.17, 15) is 19.5 Å². The van der Waals surface area contributed by atoms with Crippen LogP contribution in [0.25, 0.3) is 6.08 Å². The number of amides is 1. The van der Waals surface area contributed by atoms with Crippen molar-refractivity contribution in [3.63, 3.8) is 0 Å². The minimum Gasteiger partial charge on any atom is -0.457 e. The summed E-state index contributed by atoms with van der Waals surface area (Å²) in [4.78, 5) is 58.7. The van der Waals surface area contributed by atoms with Gasteiger partial charge in [-0.05, 0) is 79.5 Å². The van der Waals surface area contributed by atoms with E-state index in [1.54, 1.807) is 48.5 Å². The fraction of sp³-hybridized carbons (Fsp3) is 0.707. The van der Waals surface area contributed by atoms with E-state index in [1.165, 1.54) is 7.11 Å². The molecule has 2 N–H and O–H groups in total. The van der Waals surface area contributed by atoms with Crippen molar-refractivity contribution in [1.82, 2.24) is 10.2 Å². The Balaban J connectivity index is 1.84. The van der Waals surface area contributed by atoms with Gasteiger partial charge in [0.25, 0.3) is 0 Å². The number of hydrogen-bond acceptors (Lipinski definition) is 11. The van der Waals surface area contributed by atoms with E-state index in [2.05, 4.69) is 5.32 Å². The molecule has 3 fully saturated rings. The molecular weight excluding hydrogens is 680 g/mol. The Kier molecular flexibility index (Phi) is 13.7. The molecule has 0 spiro atoms. The number of nitrogens with zero attached hydrogens (tertiary/aromatic N) is 1. The van der Waals surface area contributed by atoms with Crippen LogP contribution in [0.15, 0.2) is 36.4 Å². The van der Waals surface area contributed by atoms with Crippen molar-refractivity contribution in [2.75, 3.05) is 21.2 Å². The second-order valence-corrected chi connectivity index (χ2v) is 16.3. The SMILES string of the molecule is CC[C@@H]1OC(=O)C(C)(CC/C=C/c2ccccc2)C(=O)[C@H](C)[C@@H](OC2O[C@H](C)C[C@H](N(C)C)[C@H]2O)[C@@](C)(OC)C[C@@H](C)C(=O)[C@@H](C)C2NC(=O)OC21C. The van der Waals surface area contributed by atoms with E-state index < -0.39 is 82.9 Å². The van der Waals surface area contributed by atoms with Gasteiger partial charge in [0, 0.05) is 30.9 Å². The predicted molar refractivity (Wildman–Crippen MR) is 200 cm³/mol. The van der Waals surface area contributed by atoms with Crippen molar-refractivity contribution in [1.29, 1.82) is 0 Å². The Morgan fingerprint density at radius 1 is 1.02 bits per heavy atom. The van der Waals surface area contributed by atoms with Gasteiger partial charge < -0.3 is 39.0 Å². The summed E-state index contributed by atoms with van der Waals surface area (Å²) in [5, 5.41) is 14.3. The normalized spacial score (nSPS) is 40.4. The zero-order valence-electron chi connectivity index (χ0n) is 33.4. The molecule has 12 heteroatoms. The predicted octanol–water partition coefficient (Wildman–Crippen LogP) is 5.34. The maximum atomic E-state index is 15.1. The molecular formula is C41H62N2O10. The maximum Gasteiger partial charge on any atom is 0.408 e. The quantitative estimate of drug-likeness (QED) is 0.249. The number of fused-ring (bicyclic) bond motifs is 1. The number of rotatable bonds is 9. The molecule has 3 heterocycles. The molecule has 1 aromatic rings. The molecule has 0 aromatic heterocycles. The molecule has 0 saturated carbocycles. The molecule has 296 valence electrons. The summed E-state index contributed by atoms with van der Waals surface area (Å²) in [7, 11) is 5.25. The highest BCUT2D eigenvalue weighted by atomic mass is 16.7. The first-order chi connectivity index (χ1) is 24.8. The van der Waals surface area contributed by atoms with E-state index in [1.807, 2.05) is 68.4 Å². The van der Waals surface area contributed by atoms with Crippen LogP contribution in [-0.4, -0.2) is 109 Å². The highest BCUT2D eigenvalue weighted by molar-refractivity contribution is 6.04. The first-order valence-corrected chi connectivity index (χ1v) is 19.0. The van der Waals surface area contributed by atoms with Gasteiger partial charge in [-0.25, -0.2) is 4.79 Å². The number of benzene rings is 1. The number of Topliss-reactive ketones (excluding diaryl/α,β-unsaturated/α-hetero) is 2. The number of allylic oxidation sites excluding steroid dienone is 1. The number of aliphatic hydroxyl groups excluding tert-OH is 1. The van der Waals surface area contributed by atoms with E-state index in [0.717, 1.165) is 5.56 Å². The van der Waals surface area contributed by atoms with Crippen molar-refractivity contribution < 1.29 is 48.0 Å². The zero-order valence-corrected chi connectivity index (χ0v) is 33.4. The molecule has 12 nitrogen and oxygen atoms in total. The molecule has 0 aliphatic carbocycles. The number of alkyl carbamates (subject to hydrolysis) is 1. The van der Waals surface area contributed by atoms with Gasteiger partial charge in [-0.2, -0.15) is 0 Å². The highest BCUT2D eigenvalue weighted by Gasteiger charge is 2.59. The Morgan fingerprint density at radius 2 is 1.68 bits per heavy atom. The number of ketones is 2. The summed E-state index contributed by atoms with van der Waals surface area (Å²) in [5.41, 5.74) is -3.39. The standard InChI is InChI=1S/C41H62N2O10/c1-12-30-41(8)33(42-38(48)53-41)26(4)31(44)24(2)23-40(7,49-11)35(52-36-32(45)29(43(9)10)22-25(3)50-36)27(5)34(46)39(6,37(47)51-30)21-17-16-20-28-18-14-13-15-19-28/h13-16,18-20,24-27,29-30,32-33,35-36,45H,12,17,21-23H2,1-11H3,(H,42,48)/b20-16+/t24-,25-,26-,27+,29+,30+,32-,33?,35-,36?,39?,40+,41?/m1/s1. The second kappa shape index (κ2) is 17.1. The van der Waals surface area contributed by atoms with Gasteiger partial charge in [-0.1, -0.05) is 70.2 Å². The number of carbonyl (C=O) groups excluding carboxylic acids is 4. The Hall–Kier alpha value is -3.16. The number of ether oxygens (including phenoxy) is 5. The third-order valence-corrected chi connectivity index (χ3v) is 12.0. The number of esters is 1. The van der Waals surface area contributed by atoms with Crippen LogP contribution in [0, 0.1) is 23.2 Å². The average Bonchev–Trinajstić information content (AvgIpc) is 3.44. The van der Waals surface area contributed by atoms with Crippen molar-refractivity contribution in [3.8, 4) is 0 Å². The van der Waals surface area contributed by atoms with E-state index in [0.29, 0.717) is 12.8 Å². The highest BCUT2D eigenvalue weighted by Crippen LogP contribution is 2.43. The van der Waals surface area contributed by atoms with Crippen molar-refractivity contribution in [3.05, 3.63) is 42.0 Å². The van der Waals surface area contributed by atoms with Gasteiger partial charge in [0.15, 0.2) is 17.7 Å². The van der Waals surface area contributed by atoms with Gasteiger partial charge >= 0.3 is 12.1 Å². The summed E-state index contributed by atoms with van der Waals surface area (Å²) < 4.78 is 31.2. The van der Waals surface area contributed by atoms with E-state index in [-0.39, 0.29) is 37.2 Å². The molecule has 1 amide bonds. The van der Waals surface area contributed by atoms with Gasteiger partial charge in [0.1, 0.15) is 23.4 Å². The lowest BCUT2D eigenvalue weighted by Crippen LogP contribution is -2.61. The van der Waals surface area contributed by atoms with Crippen LogP contribution in [0.1, 0.15) is 93.1 Å². The third kappa shape index (κ3) is 8.88. The van der Waals surface area contributed by atoms with Gasteiger partial charge in [-0.15, -0.1) is 0 Å². The Bertz CT molecular complexity index is 1490. The maximum absolute atomic E-state index is 15.1. The number of methoxy groups -OCH3 is 1. The Morgan fingerprint density at radius 3 is 2.28 bits per heavy atom. The largest absolute Gasteiger partial charge is 0.457 e. The number of carbonyl (C=O) groups is 4. The third-order valence-electron chi connectivity index (χ3n) is 12.0. The number of likely N-dealkylation sites (N-methyl/N-ethyl adjacent to an activating group) is 1. The van der Waals surface area contributed by atoms with Crippen LogP contribution in [0.3, 0.4) is 0 Å². The van der Waals surface area contributed by atoms with E-state index in [4.69, 9.17) is 23.7 Å². The topological polar surface area (TPSA) is 150 Å². The fourth-order valence-corrected chi connectivity index (χ4v) is 8.66. The van der Waals surface area contributed by atoms with Crippen LogP contribution in [0.4, 0.5) is 4.79 Å². The number of aliphatic hydroxyl groups is 1. The smallest absolute Gasteiger partial charge is 0.408 e. The molecule has 4 unspecified atom stereocenters. The first kappa shape index (κ1) is 42.6. The minimum atomic E-state index is -1.69. The Labute approximate surface area is 315 Å². The number of nitrogens with one attached hydrogen (secondary N) is 1. The molecule has 4 rings (SSSR count). The number of cyclic esters (lactones) is 1. The number of hydrogen-bond donors (Lipinski definition) is 2. The second-order valence-electron chi connectivity index (χ2n) is 16.3.